The minimum atomic E-state index is -0.244. The zero-order chi connectivity index (χ0) is 20.7. The first kappa shape index (κ1) is 21.3. The van der Waals surface area contributed by atoms with Crippen LogP contribution in [0, 0.1) is 20.8 Å². The Bertz CT molecular complexity index is 816. The van der Waals surface area contributed by atoms with Crippen molar-refractivity contribution in [2.45, 2.75) is 33.6 Å². The number of methoxy groups -OCH3 is 2. The number of ether oxygens (including phenoxy) is 2. The Morgan fingerprint density at radius 2 is 1.43 bits per heavy atom. The van der Waals surface area contributed by atoms with Crippen LogP contribution in [0.4, 0.5) is 5.69 Å². The van der Waals surface area contributed by atoms with Gasteiger partial charge in [-0.15, -0.1) is 0 Å². The Kier molecular flexibility index (Phi) is 7.44. The number of nitrogens with one attached hydrogen (secondary N) is 2. The van der Waals surface area contributed by atoms with Crippen LogP contribution in [0.25, 0.3) is 0 Å². The predicted octanol–water partition coefficient (Wildman–Crippen LogP) is 3.32. The maximum atomic E-state index is 12.2. The number of amides is 2. The molecule has 0 saturated heterocycles. The molecule has 0 atom stereocenters. The third kappa shape index (κ3) is 6.01. The van der Waals surface area contributed by atoms with E-state index in [1.807, 2.05) is 45.0 Å². The normalized spacial score (nSPS) is 10.3. The van der Waals surface area contributed by atoms with Gasteiger partial charge in [-0.25, -0.2) is 0 Å². The van der Waals surface area contributed by atoms with E-state index in [2.05, 4.69) is 10.6 Å². The molecule has 0 radical (unpaired) electrons. The molecule has 0 aliphatic carbocycles. The van der Waals surface area contributed by atoms with Gasteiger partial charge >= 0.3 is 0 Å². The predicted molar refractivity (Wildman–Crippen MR) is 110 cm³/mol. The summed E-state index contributed by atoms with van der Waals surface area (Å²) in [6.07, 6.45) is 0.795. The van der Waals surface area contributed by atoms with Crippen LogP contribution in [0.3, 0.4) is 0 Å². The molecule has 0 aromatic heterocycles. The Hall–Kier alpha value is -3.02. The van der Waals surface area contributed by atoms with E-state index in [4.69, 9.17) is 9.47 Å². The van der Waals surface area contributed by atoms with Gasteiger partial charge in [-0.2, -0.15) is 0 Å². The number of hydrogen-bond donors (Lipinski definition) is 2. The minimum Gasteiger partial charge on any atom is -0.497 e. The molecule has 0 aliphatic heterocycles. The molecule has 150 valence electrons. The minimum absolute atomic E-state index is 0.0625. The zero-order valence-corrected chi connectivity index (χ0v) is 17.1. The average molecular weight is 384 g/mol. The molecule has 28 heavy (non-hydrogen) atoms. The summed E-state index contributed by atoms with van der Waals surface area (Å²) >= 11 is 0. The van der Waals surface area contributed by atoms with Crippen LogP contribution in [0.5, 0.6) is 11.5 Å². The van der Waals surface area contributed by atoms with E-state index in [-0.39, 0.29) is 24.8 Å². The van der Waals surface area contributed by atoms with Gasteiger partial charge in [0.15, 0.2) is 0 Å². The summed E-state index contributed by atoms with van der Waals surface area (Å²) in [4.78, 5) is 24.3. The summed E-state index contributed by atoms with van der Waals surface area (Å²) in [7, 11) is 3.17. The average Bonchev–Trinajstić information content (AvgIpc) is 2.67. The highest BCUT2D eigenvalue weighted by Crippen LogP contribution is 2.23. The Balaban J connectivity index is 1.85. The maximum Gasteiger partial charge on any atom is 0.243 e. The molecule has 0 fully saturated rings. The smallest absolute Gasteiger partial charge is 0.243 e. The van der Waals surface area contributed by atoms with Crippen molar-refractivity contribution in [3.05, 3.63) is 52.6 Å². The molecule has 0 heterocycles. The second-order valence-corrected chi connectivity index (χ2v) is 6.82. The lowest BCUT2D eigenvalue weighted by Gasteiger charge is -2.13. The number of aryl methyl sites for hydroxylation is 4. The number of benzene rings is 2. The van der Waals surface area contributed by atoms with Gasteiger partial charge in [0.05, 0.1) is 20.8 Å². The molecule has 2 aromatic carbocycles. The van der Waals surface area contributed by atoms with Crippen molar-refractivity contribution in [2.75, 3.05) is 26.1 Å². The van der Waals surface area contributed by atoms with E-state index in [1.54, 1.807) is 20.3 Å². The fraction of sp³-hybridized carbons (Fsp3) is 0.364. The van der Waals surface area contributed by atoms with Crippen LogP contribution in [0.15, 0.2) is 30.3 Å². The SMILES string of the molecule is COc1cc(CCC(=O)NCC(=O)Nc2c(C)cc(C)cc2C)cc(OC)c1. The lowest BCUT2D eigenvalue weighted by Crippen LogP contribution is -2.33. The summed E-state index contributed by atoms with van der Waals surface area (Å²) in [5.74, 6) is 0.927. The third-order valence-corrected chi connectivity index (χ3v) is 4.44. The lowest BCUT2D eigenvalue weighted by atomic mass is 10.1. The molecule has 0 unspecified atom stereocenters. The molecule has 2 amide bonds. The van der Waals surface area contributed by atoms with Crippen molar-refractivity contribution in [3.63, 3.8) is 0 Å². The molecule has 6 heteroatoms. The van der Waals surface area contributed by atoms with Crippen molar-refractivity contribution in [2.24, 2.45) is 0 Å². The van der Waals surface area contributed by atoms with Crippen LogP contribution in [-0.4, -0.2) is 32.6 Å². The fourth-order valence-corrected chi connectivity index (χ4v) is 3.10. The van der Waals surface area contributed by atoms with Gasteiger partial charge in [0, 0.05) is 18.2 Å². The van der Waals surface area contributed by atoms with E-state index in [0.29, 0.717) is 17.9 Å². The Morgan fingerprint density at radius 3 is 1.96 bits per heavy atom. The van der Waals surface area contributed by atoms with Crippen LogP contribution < -0.4 is 20.1 Å². The standard InChI is InChI=1S/C22H28N2O4/c1-14-8-15(2)22(16(3)9-14)24-21(26)13-23-20(25)7-6-17-10-18(27-4)12-19(11-17)28-5/h8-12H,6-7,13H2,1-5H3,(H,23,25)(H,24,26). The van der Waals surface area contributed by atoms with Crippen LogP contribution in [-0.2, 0) is 16.0 Å². The molecule has 0 bridgehead atoms. The molecular weight excluding hydrogens is 356 g/mol. The molecule has 0 aliphatic rings. The van der Waals surface area contributed by atoms with E-state index in [0.717, 1.165) is 27.9 Å². The van der Waals surface area contributed by atoms with E-state index >= 15 is 0 Å². The summed E-state index contributed by atoms with van der Waals surface area (Å²) in [6, 6.07) is 9.55. The molecule has 6 nitrogen and oxygen atoms in total. The first-order chi connectivity index (χ1) is 13.3. The first-order valence-corrected chi connectivity index (χ1v) is 9.18. The molecule has 2 N–H and O–H groups in total. The first-order valence-electron chi connectivity index (χ1n) is 9.18. The highest BCUT2D eigenvalue weighted by molar-refractivity contribution is 5.95. The topological polar surface area (TPSA) is 76.7 Å². The van der Waals surface area contributed by atoms with Crippen molar-refractivity contribution in [1.82, 2.24) is 5.32 Å². The number of rotatable bonds is 8. The van der Waals surface area contributed by atoms with Gasteiger partial charge < -0.3 is 20.1 Å². The molecule has 0 saturated carbocycles. The summed E-state index contributed by atoms with van der Waals surface area (Å²) in [6.45, 7) is 5.87. The van der Waals surface area contributed by atoms with E-state index in [1.165, 1.54) is 0 Å². The van der Waals surface area contributed by atoms with Gasteiger partial charge in [-0.1, -0.05) is 17.7 Å². The summed E-state index contributed by atoms with van der Waals surface area (Å²) in [5, 5.41) is 5.55. The van der Waals surface area contributed by atoms with Crippen LogP contribution in [0.1, 0.15) is 28.7 Å². The van der Waals surface area contributed by atoms with Crippen LogP contribution >= 0.6 is 0 Å². The third-order valence-electron chi connectivity index (χ3n) is 4.44. The van der Waals surface area contributed by atoms with Crippen molar-refractivity contribution in [1.29, 1.82) is 0 Å². The largest absolute Gasteiger partial charge is 0.497 e. The quantitative estimate of drug-likeness (QED) is 0.732. The molecule has 2 rings (SSSR count). The maximum absolute atomic E-state index is 12.2. The highest BCUT2D eigenvalue weighted by atomic mass is 16.5. The molecule has 2 aromatic rings. The second-order valence-electron chi connectivity index (χ2n) is 6.82. The Labute approximate surface area is 166 Å². The number of carbonyl (C=O) groups is 2. The van der Waals surface area contributed by atoms with E-state index < -0.39 is 0 Å². The molecular formula is C22H28N2O4. The van der Waals surface area contributed by atoms with Gasteiger partial charge in [-0.05, 0) is 56.0 Å². The lowest BCUT2D eigenvalue weighted by molar-refractivity contribution is -0.124. The Morgan fingerprint density at radius 1 is 0.857 bits per heavy atom. The number of carbonyl (C=O) groups excluding carboxylic acids is 2. The van der Waals surface area contributed by atoms with Gasteiger partial charge in [0.2, 0.25) is 11.8 Å². The van der Waals surface area contributed by atoms with Gasteiger partial charge in [-0.3, -0.25) is 9.59 Å². The number of hydrogen-bond acceptors (Lipinski definition) is 4. The zero-order valence-electron chi connectivity index (χ0n) is 17.1. The van der Waals surface area contributed by atoms with Crippen molar-refractivity contribution < 1.29 is 19.1 Å². The van der Waals surface area contributed by atoms with E-state index in [9.17, 15) is 9.59 Å². The van der Waals surface area contributed by atoms with Crippen molar-refractivity contribution >= 4 is 17.5 Å². The fourth-order valence-electron chi connectivity index (χ4n) is 3.10. The number of anilines is 1. The summed E-state index contributed by atoms with van der Waals surface area (Å²) in [5.41, 5.74) is 4.89. The summed E-state index contributed by atoms with van der Waals surface area (Å²) < 4.78 is 10.5. The monoisotopic (exact) mass is 384 g/mol. The van der Waals surface area contributed by atoms with Crippen molar-refractivity contribution in [3.8, 4) is 11.5 Å². The van der Waals surface area contributed by atoms with Gasteiger partial charge in [0.25, 0.3) is 0 Å². The van der Waals surface area contributed by atoms with Gasteiger partial charge in [0.1, 0.15) is 11.5 Å². The highest BCUT2D eigenvalue weighted by Gasteiger charge is 2.10. The second kappa shape index (κ2) is 9.78. The van der Waals surface area contributed by atoms with Crippen LogP contribution in [0.2, 0.25) is 0 Å². The molecule has 0 spiro atoms.